The number of nitrogens with zero attached hydrogens (tertiary/aromatic N) is 2. The zero-order valence-corrected chi connectivity index (χ0v) is 11.0. The standard InChI is InChI=1S/C13H13N3O2S/c14-13-15-10-6-16(7-11(10)19-13)5-8-2-1-3-9(4-8)12(17)18/h1-4H,5-7H2,(H2,14,15)(H,17,18). The van der Waals surface area contributed by atoms with E-state index < -0.39 is 5.97 Å². The fourth-order valence-corrected chi connectivity index (χ4v) is 3.18. The van der Waals surface area contributed by atoms with E-state index in [9.17, 15) is 4.79 Å². The number of carboxylic acid groups (broad SMARTS) is 1. The highest BCUT2D eigenvalue weighted by Crippen LogP contribution is 2.30. The van der Waals surface area contributed by atoms with E-state index in [1.807, 2.05) is 6.07 Å². The molecule has 1 aromatic heterocycles. The molecule has 0 fully saturated rings. The van der Waals surface area contributed by atoms with E-state index >= 15 is 0 Å². The van der Waals surface area contributed by atoms with Crippen molar-refractivity contribution < 1.29 is 9.90 Å². The van der Waals surface area contributed by atoms with Gasteiger partial charge >= 0.3 is 5.97 Å². The Morgan fingerprint density at radius 3 is 3.05 bits per heavy atom. The summed E-state index contributed by atoms with van der Waals surface area (Å²) in [6.07, 6.45) is 0. The number of rotatable bonds is 3. The van der Waals surface area contributed by atoms with Gasteiger partial charge in [-0.3, -0.25) is 4.90 Å². The van der Waals surface area contributed by atoms with Crippen molar-refractivity contribution in [1.82, 2.24) is 9.88 Å². The van der Waals surface area contributed by atoms with Gasteiger partial charge in [0.2, 0.25) is 0 Å². The predicted molar refractivity (Wildman–Crippen MR) is 72.9 cm³/mol. The minimum atomic E-state index is -0.892. The van der Waals surface area contributed by atoms with Gasteiger partial charge in [0, 0.05) is 24.5 Å². The second kappa shape index (κ2) is 4.64. The number of aromatic carboxylic acids is 1. The third-order valence-corrected chi connectivity index (χ3v) is 4.03. The van der Waals surface area contributed by atoms with Gasteiger partial charge < -0.3 is 10.8 Å². The van der Waals surface area contributed by atoms with Gasteiger partial charge in [0.15, 0.2) is 5.13 Å². The number of nitrogen functional groups attached to an aromatic ring is 1. The lowest BCUT2D eigenvalue weighted by Crippen LogP contribution is -2.16. The Balaban J connectivity index is 1.72. The lowest BCUT2D eigenvalue weighted by atomic mass is 10.1. The number of nitrogens with two attached hydrogens (primary N) is 1. The molecule has 0 amide bonds. The highest BCUT2D eigenvalue weighted by Gasteiger charge is 2.23. The molecule has 3 N–H and O–H groups in total. The van der Waals surface area contributed by atoms with Gasteiger partial charge in [0.05, 0.1) is 11.3 Å². The molecule has 0 bridgehead atoms. The van der Waals surface area contributed by atoms with E-state index in [2.05, 4.69) is 9.88 Å². The molecule has 0 saturated carbocycles. The number of carbonyl (C=O) groups is 1. The van der Waals surface area contributed by atoms with Crippen molar-refractivity contribution in [3.05, 3.63) is 46.0 Å². The normalized spacial score (nSPS) is 14.5. The molecular weight excluding hydrogens is 262 g/mol. The molecule has 2 aromatic rings. The Morgan fingerprint density at radius 2 is 2.32 bits per heavy atom. The first-order valence-corrected chi connectivity index (χ1v) is 6.72. The topological polar surface area (TPSA) is 79.5 Å². The molecule has 0 aliphatic carbocycles. The molecule has 0 atom stereocenters. The summed E-state index contributed by atoms with van der Waals surface area (Å²) in [7, 11) is 0. The van der Waals surface area contributed by atoms with E-state index in [1.54, 1.807) is 18.2 Å². The summed E-state index contributed by atoms with van der Waals surface area (Å²) in [6, 6.07) is 7.05. The highest BCUT2D eigenvalue weighted by atomic mass is 32.1. The van der Waals surface area contributed by atoms with Crippen LogP contribution in [0, 0.1) is 0 Å². The van der Waals surface area contributed by atoms with Crippen LogP contribution in [0.2, 0.25) is 0 Å². The summed E-state index contributed by atoms with van der Waals surface area (Å²) in [5.41, 5.74) is 8.05. The van der Waals surface area contributed by atoms with Gasteiger partial charge in [-0.15, -0.1) is 11.3 Å². The monoisotopic (exact) mass is 275 g/mol. The third kappa shape index (κ3) is 2.45. The minimum absolute atomic E-state index is 0.328. The maximum atomic E-state index is 10.9. The van der Waals surface area contributed by atoms with Crippen molar-refractivity contribution in [3.63, 3.8) is 0 Å². The average Bonchev–Trinajstić information content (AvgIpc) is 2.85. The van der Waals surface area contributed by atoms with E-state index in [0.717, 1.165) is 30.9 Å². The van der Waals surface area contributed by atoms with Gasteiger partial charge in [-0.05, 0) is 17.7 Å². The Bertz CT molecular complexity index is 615. The lowest BCUT2D eigenvalue weighted by Gasteiger charge is -2.14. The fraction of sp³-hybridized carbons (Fsp3) is 0.231. The first-order chi connectivity index (χ1) is 9.11. The van der Waals surface area contributed by atoms with Crippen LogP contribution in [0.15, 0.2) is 24.3 Å². The maximum Gasteiger partial charge on any atom is 0.335 e. The Morgan fingerprint density at radius 1 is 1.47 bits per heavy atom. The van der Waals surface area contributed by atoms with Crippen molar-refractivity contribution in [3.8, 4) is 0 Å². The van der Waals surface area contributed by atoms with Crippen molar-refractivity contribution in [2.45, 2.75) is 19.6 Å². The highest BCUT2D eigenvalue weighted by molar-refractivity contribution is 7.15. The van der Waals surface area contributed by atoms with Crippen LogP contribution in [0.25, 0.3) is 0 Å². The van der Waals surface area contributed by atoms with Gasteiger partial charge in [-0.25, -0.2) is 9.78 Å². The molecule has 1 aromatic carbocycles. The first kappa shape index (κ1) is 12.1. The van der Waals surface area contributed by atoms with Crippen molar-refractivity contribution in [2.24, 2.45) is 0 Å². The van der Waals surface area contributed by atoms with Crippen LogP contribution < -0.4 is 5.73 Å². The minimum Gasteiger partial charge on any atom is -0.478 e. The summed E-state index contributed by atoms with van der Waals surface area (Å²) < 4.78 is 0. The van der Waals surface area contributed by atoms with Crippen molar-refractivity contribution in [2.75, 3.05) is 5.73 Å². The van der Waals surface area contributed by atoms with Gasteiger partial charge in [-0.1, -0.05) is 12.1 Å². The number of hydrogen-bond acceptors (Lipinski definition) is 5. The molecule has 0 spiro atoms. The predicted octanol–water partition coefficient (Wildman–Crippen LogP) is 1.94. The third-order valence-electron chi connectivity index (χ3n) is 3.12. The smallest absolute Gasteiger partial charge is 0.335 e. The zero-order chi connectivity index (χ0) is 13.4. The molecule has 3 rings (SSSR count). The van der Waals surface area contributed by atoms with Gasteiger partial charge in [-0.2, -0.15) is 0 Å². The Hall–Kier alpha value is -1.92. The molecule has 1 aliphatic heterocycles. The molecule has 6 heteroatoms. The van der Waals surface area contributed by atoms with Crippen LogP contribution in [-0.4, -0.2) is 21.0 Å². The van der Waals surface area contributed by atoms with Crippen LogP contribution in [0.3, 0.4) is 0 Å². The molecule has 0 radical (unpaired) electrons. The average molecular weight is 275 g/mol. The zero-order valence-electron chi connectivity index (χ0n) is 10.2. The van der Waals surface area contributed by atoms with Crippen LogP contribution in [0.4, 0.5) is 5.13 Å². The van der Waals surface area contributed by atoms with E-state index in [4.69, 9.17) is 10.8 Å². The maximum absolute atomic E-state index is 10.9. The number of thiazole rings is 1. The van der Waals surface area contributed by atoms with Crippen molar-refractivity contribution in [1.29, 1.82) is 0 Å². The number of hydrogen-bond donors (Lipinski definition) is 2. The van der Waals surface area contributed by atoms with Crippen molar-refractivity contribution >= 4 is 22.4 Å². The molecule has 5 nitrogen and oxygen atoms in total. The van der Waals surface area contributed by atoms with Crippen LogP contribution in [0.5, 0.6) is 0 Å². The Kier molecular flexibility index (Phi) is 2.96. The number of benzene rings is 1. The number of aromatic nitrogens is 1. The largest absolute Gasteiger partial charge is 0.478 e. The van der Waals surface area contributed by atoms with Gasteiger partial charge in [0.1, 0.15) is 0 Å². The summed E-state index contributed by atoms with van der Waals surface area (Å²) >= 11 is 1.53. The SMILES string of the molecule is Nc1nc2c(s1)CN(Cc1cccc(C(=O)O)c1)C2. The molecular formula is C13H13N3O2S. The molecule has 0 unspecified atom stereocenters. The summed E-state index contributed by atoms with van der Waals surface area (Å²) in [5.74, 6) is -0.892. The van der Waals surface area contributed by atoms with Crippen LogP contribution >= 0.6 is 11.3 Å². The molecule has 98 valence electrons. The van der Waals surface area contributed by atoms with E-state index in [1.165, 1.54) is 16.2 Å². The lowest BCUT2D eigenvalue weighted by molar-refractivity contribution is 0.0696. The van der Waals surface area contributed by atoms with E-state index in [-0.39, 0.29) is 0 Å². The second-order valence-electron chi connectivity index (χ2n) is 4.57. The summed E-state index contributed by atoms with van der Waals surface area (Å²) in [6.45, 7) is 2.34. The van der Waals surface area contributed by atoms with E-state index in [0.29, 0.717) is 10.7 Å². The van der Waals surface area contributed by atoms with Gasteiger partial charge in [0.25, 0.3) is 0 Å². The number of fused-ring (bicyclic) bond motifs is 1. The molecule has 0 saturated heterocycles. The summed E-state index contributed by atoms with van der Waals surface area (Å²) in [4.78, 5) is 18.7. The second-order valence-corrected chi connectivity index (χ2v) is 5.69. The Labute approximate surface area is 114 Å². The molecule has 2 heterocycles. The summed E-state index contributed by atoms with van der Waals surface area (Å²) in [5, 5.41) is 9.60. The first-order valence-electron chi connectivity index (χ1n) is 5.90. The fourth-order valence-electron chi connectivity index (χ4n) is 2.29. The number of anilines is 1. The molecule has 19 heavy (non-hydrogen) atoms. The number of carboxylic acids is 1. The van der Waals surface area contributed by atoms with Crippen LogP contribution in [0.1, 0.15) is 26.5 Å². The van der Waals surface area contributed by atoms with Crippen LogP contribution in [-0.2, 0) is 19.6 Å². The molecule has 1 aliphatic rings. The quantitative estimate of drug-likeness (QED) is 0.895.